The molecule has 1 unspecified atom stereocenters. The number of hydrogen-bond donors (Lipinski definition) is 2. The van der Waals surface area contributed by atoms with Crippen LogP contribution < -0.4 is 10.6 Å². The van der Waals surface area contributed by atoms with Gasteiger partial charge >= 0.3 is 6.09 Å². The molecule has 0 spiro atoms. The van der Waals surface area contributed by atoms with Gasteiger partial charge in [0.2, 0.25) is 0 Å². The Morgan fingerprint density at radius 1 is 1.16 bits per heavy atom. The van der Waals surface area contributed by atoms with Gasteiger partial charge in [-0.3, -0.25) is 0 Å². The summed E-state index contributed by atoms with van der Waals surface area (Å²) in [6.45, 7) is 8.83. The van der Waals surface area contributed by atoms with Crippen LogP contribution in [-0.2, 0) is 14.2 Å². The lowest BCUT2D eigenvalue weighted by Crippen LogP contribution is -2.41. The highest BCUT2D eigenvalue weighted by Gasteiger charge is 2.16. The number of hydrogen-bond acceptors (Lipinski definition) is 5. The fraction of sp³-hybridized carbons (Fsp3) is 0.923. The second kappa shape index (κ2) is 9.12. The van der Waals surface area contributed by atoms with Gasteiger partial charge in [0.25, 0.3) is 0 Å². The molecule has 19 heavy (non-hydrogen) atoms. The van der Waals surface area contributed by atoms with E-state index in [0.717, 1.165) is 13.0 Å². The van der Waals surface area contributed by atoms with Gasteiger partial charge in [-0.1, -0.05) is 0 Å². The van der Waals surface area contributed by atoms with E-state index in [0.29, 0.717) is 6.54 Å². The average molecular weight is 276 g/mol. The van der Waals surface area contributed by atoms with E-state index < -0.39 is 5.60 Å². The lowest BCUT2D eigenvalue weighted by atomic mass is 10.2. The number of methoxy groups -OCH3 is 2. The monoisotopic (exact) mass is 276 g/mol. The quantitative estimate of drug-likeness (QED) is 0.519. The zero-order chi connectivity index (χ0) is 14.9. The Labute approximate surface area is 116 Å². The summed E-state index contributed by atoms with van der Waals surface area (Å²) in [7, 11) is 3.22. The van der Waals surface area contributed by atoms with Crippen LogP contribution in [0.4, 0.5) is 4.79 Å². The van der Waals surface area contributed by atoms with Gasteiger partial charge in [-0.25, -0.2) is 4.79 Å². The highest BCUT2D eigenvalue weighted by atomic mass is 16.7. The van der Waals surface area contributed by atoms with E-state index in [1.54, 1.807) is 14.2 Å². The SMILES string of the molecule is COC(OC)C(C)NCCCNC(=O)OC(C)(C)C. The summed E-state index contributed by atoms with van der Waals surface area (Å²) in [5.74, 6) is 0. The zero-order valence-corrected chi connectivity index (χ0v) is 12.9. The molecule has 0 aliphatic heterocycles. The van der Waals surface area contributed by atoms with Crippen molar-refractivity contribution in [1.29, 1.82) is 0 Å². The standard InChI is InChI=1S/C13H28N2O4/c1-10(11(17-5)18-6)14-8-7-9-15-12(16)19-13(2,3)4/h10-11,14H,7-9H2,1-6H3,(H,15,16). The molecule has 0 aromatic carbocycles. The maximum absolute atomic E-state index is 11.4. The smallest absolute Gasteiger partial charge is 0.407 e. The third-order valence-corrected chi connectivity index (χ3v) is 2.36. The third-order valence-electron chi connectivity index (χ3n) is 2.36. The molecule has 0 aromatic rings. The maximum atomic E-state index is 11.4. The van der Waals surface area contributed by atoms with Gasteiger partial charge in [0.1, 0.15) is 5.60 Å². The molecule has 0 aliphatic carbocycles. The third kappa shape index (κ3) is 9.69. The van der Waals surface area contributed by atoms with Gasteiger partial charge in [0.15, 0.2) is 6.29 Å². The molecular weight excluding hydrogens is 248 g/mol. The molecule has 1 atom stereocenters. The Morgan fingerprint density at radius 2 is 1.74 bits per heavy atom. The molecule has 0 heterocycles. The van der Waals surface area contributed by atoms with Gasteiger partial charge in [0, 0.05) is 20.8 Å². The highest BCUT2D eigenvalue weighted by molar-refractivity contribution is 5.67. The first-order valence-corrected chi connectivity index (χ1v) is 6.56. The molecule has 0 bridgehead atoms. The van der Waals surface area contributed by atoms with Crippen LogP contribution in [0.1, 0.15) is 34.1 Å². The molecule has 1 amide bonds. The van der Waals surface area contributed by atoms with Crippen molar-refractivity contribution in [2.45, 2.75) is 52.0 Å². The van der Waals surface area contributed by atoms with Crippen molar-refractivity contribution in [2.75, 3.05) is 27.3 Å². The minimum atomic E-state index is -0.457. The predicted octanol–water partition coefficient (Wildman–Crippen LogP) is 1.50. The molecular formula is C13H28N2O4. The van der Waals surface area contributed by atoms with Crippen LogP contribution in [0, 0.1) is 0 Å². The van der Waals surface area contributed by atoms with Crippen molar-refractivity contribution in [3.63, 3.8) is 0 Å². The van der Waals surface area contributed by atoms with Gasteiger partial charge in [-0.15, -0.1) is 0 Å². The number of carbonyl (C=O) groups is 1. The van der Waals surface area contributed by atoms with Crippen molar-refractivity contribution < 1.29 is 19.0 Å². The number of rotatable bonds is 8. The first-order valence-electron chi connectivity index (χ1n) is 6.56. The lowest BCUT2D eigenvalue weighted by Gasteiger charge is -2.22. The Kier molecular flexibility index (Phi) is 8.71. The second-order valence-corrected chi connectivity index (χ2v) is 5.36. The van der Waals surface area contributed by atoms with Crippen molar-refractivity contribution in [1.82, 2.24) is 10.6 Å². The van der Waals surface area contributed by atoms with Crippen LogP contribution in [-0.4, -0.2) is 51.3 Å². The molecule has 0 aliphatic rings. The van der Waals surface area contributed by atoms with E-state index in [9.17, 15) is 4.79 Å². The van der Waals surface area contributed by atoms with Crippen molar-refractivity contribution in [3.05, 3.63) is 0 Å². The Morgan fingerprint density at radius 3 is 2.21 bits per heavy atom. The largest absolute Gasteiger partial charge is 0.444 e. The Hall–Kier alpha value is -0.850. The molecule has 6 heteroatoms. The van der Waals surface area contributed by atoms with E-state index in [1.807, 2.05) is 27.7 Å². The molecule has 6 nitrogen and oxygen atoms in total. The highest BCUT2D eigenvalue weighted by Crippen LogP contribution is 2.06. The van der Waals surface area contributed by atoms with Crippen molar-refractivity contribution in [2.24, 2.45) is 0 Å². The number of alkyl carbamates (subject to hydrolysis) is 1. The molecule has 0 radical (unpaired) electrons. The van der Waals surface area contributed by atoms with E-state index >= 15 is 0 Å². The fourth-order valence-corrected chi connectivity index (χ4v) is 1.52. The summed E-state index contributed by atoms with van der Waals surface area (Å²) in [5, 5.41) is 5.97. The normalized spacial score (nSPS) is 13.4. The molecule has 114 valence electrons. The number of ether oxygens (including phenoxy) is 3. The molecule has 0 aromatic heterocycles. The van der Waals surface area contributed by atoms with Crippen LogP contribution in [0.3, 0.4) is 0 Å². The molecule has 0 rings (SSSR count). The summed E-state index contributed by atoms with van der Waals surface area (Å²) in [5.41, 5.74) is -0.457. The van der Waals surface area contributed by atoms with Crippen LogP contribution in [0.5, 0.6) is 0 Å². The fourth-order valence-electron chi connectivity index (χ4n) is 1.52. The summed E-state index contributed by atoms with van der Waals surface area (Å²) in [4.78, 5) is 11.4. The van der Waals surface area contributed by atoms with Crippen LogP contribution in [0.15, 0.2) is 0 Å². The van der Waals surface area contributed by atoms with Crippen LogP contribution >= 0.6 is 0 Å². The van der Waals surface area contributed by atoms with E-state index in [2.05, 4.69) is 10.6 Å². The maximum Gasteiger partial charge on any atom is 0.407 e. The molecule has 0 fully saturated rings. The Balaban J connectivity index is 3.62. The minimum Gasteiger partial charge on any atom is -0.444 e. The van der Waals surface area contributed by atoms with Gasteiger partial charge in [0.05, 0.1) is 6.04 Å². The van der Waals surface area contributed by atoms with Gasteiger partial charge < -0.3 is 24.8 Å². The first kappa shape index (κ1) is 18.1. The van der Waals surface area contributed by atoms with Crippen LogP contribution in [0.25, 0.3) is 0 Å². The number of carbonyl (C=O) groups excluding carboxylic acids is 1. The molecule has 0 saturated heterocycles. The first-order chi connectivity index (χ1) is 8.80. The summed E-state index contributed by atoms with van der Waals surface area (Å²) in [6.07, 6.45) is 0.162. The number of amides is 1. The van der Waals surface area contributed by atoms with Crippen molar-refractivity contribution >= 4 is 6.09 Å². The second-order valence-electron chi connectivity index (χ2n) is 5.36. The minimum absolute atomic E-state index is 0.0940. The molecule has 0 saturated carbocycles. The number of nitrogens with one attached hydrogen (secondary N) is 2. The van der Waals surface area contributed by atoms with Crippen LogP contribution in [0.2, 0.25) is 0 Å². The summed E-state index contributed by atoms with van der Waals surface area (Å²) >= 11 is 0. The summed E-state index contributed by atoms with van der Waals surface area (Å²) in [6, 6.07) is 0.0940. The van der Waals surface area contributed by atoms with E-state index in [-0.39, 0.29) is 18.4 Å². The van der Waals surface area contributed by atoms with Gasteiger partial charge in [-0.2, -0.15) is 0 Å². The summed E-state index contributed by atoms with van der Waals surface area (Å²) < 4.78 is 15.4. The molecule has 2 N–H and O–H groups in total. The lowest BCUT2D eigenvalue weighted by molar-refractivity contribution is -0.119. The van der Waals surface area contributed by atoms with E-state index in [4.69, 9.17) is 14.2 Å². The average Bonchev–Trinajstić information content (AvgIpc) is 2.27. The predicted molar refractivity (Wildman–Crippen MR) is 74.1 cm³/mol. The van der Waals surface area contributed by atoms with Crippen molar-refractivity contribution in [3.8, 4) is 0 Å². The van der Waals surface area contributed by atoms with E-state index in [1.165, 1.54) is 0 Å². The van der Waals surface area contributed by atoms with Gasteiger partial charge in [-0.05, 0) is 40.7 Å². The topological polar surface area (TPSA) is 68.8 Å². The zero-order valence-electron chi connectivity index (χ0n) is 12.9. The Bertz CT molecular complexity index is 250.